The van der Waals surface area contributed by atoms with Crippen LogP contribution >= 0.6 is 0 Å². The number of hydrogen-bond donors (Lipinski definition) is 3. The normalized spacial score (nSPS) is 8.75. The molecule has 1 rings (SSSR count). The maximum Gasteiger partial charge on any atom is 0.167 e. The zero-order valence-corrected chi connectivity index (χ0v) is 6.28. The Bertz CT molecular complexity index is 339. The van der Waals surface area contributed by atoms with E-state index in [1.165, 1.54) is 6.20 Å². The molecule has 0 atom stereocenters. The predicted octanol–water partition coefficient (Wildman–Crippen LogP) is -1.02. The van der Waals surface area contributed by atoms with Gasteiger partial charge >= 0.3 is 0 Å². The molecule has 12 heavy (non-hydrogen) atoms. The summed E-state index contributed by atoms with van der Waals surface area (Å²) in [6.07, 6.45) is 1.40. The molecule has 1 aromatic heterocycles. The van der Waals surface area contributed by atoms with Crippen LogP contribution in [-0.2, 0) is 0 Å². The molecule has 0 bridgehead atoms. The Balaban J connectivity index is 2.97. The molecule has 0 aliphatic carbocycles. The standard InChI is InChI=1S/C7H8N4O/c8-6-7(9)11-5(4-10-6)2-1-3-12/h4,12H,3H2,(H2,8,10)(H2,9,11). The molecule has 0 saturated heterocycles. The average molecular weight is 164 g/mol. The minimum absolute atomic E-state index is 0.153. The van der Waals surface area contributed by atoms with Gasteiger partial charge in [-0.1, -0.05) is 5.92 Å². The van der Waals surface area contributed by atoms with Gasteiger partial charge in [-0.15, -0.1) is 0 Å². The first-order chi connectivity index (χ1) is 5.74. The predicted molar refractivity (Wildman–Crippen MR) is 44.8 cm³/mol. The highest BCUT2D eigenvalue weighted by Gasteiger charge is 1.96. The van der Waals surface area contributed by atoms with Crippen molar-refractivity contribution in [1.29, 1.82) is 0 Å². The van der Waals surface area contributed by atoms with Crippen molar-refractivity contribution >= 4 is 11.6 Å². The van der Waals surface area contributed by atoms with Gasteiger partial charge < -0.3 is 16.6 Å². The van der Waals surface area contributed by atoms with Crippen LogP contribution in [0.25, 0.3) is 0 Å². The molecule has 0 aliphatic rings. The highest BCUT2D eigenvalue weighted by Crippen LogP contribution is 2.05. The Hall–Kier alpha value is -1.80. The lowest BCUT2D eigenvalue weighted by Crippen LogP contribution is -2.01. The quantitative estimate of drug-likeness (QED) is 0.426. The number of aliphatic hydroxyl groups is 1. The summed E-state index contributed by atoms with van der Waals surface area (Å²) in [7, 11) is 0. The number of hydrogen-bond acceptors (Lipinski definition) is 5. The molecular formula is C7H8N4O. The molecule has 0 aliphatic heterocycles. The first kappa shape index (κ1) is 8.30. The third-order valence-corrected chi connectivity index (χ3v) is 1.12. The van der Waals surface area contributed by atoms with Gasteiger partial charge in [-0.3, -0.25) is 0 Å². The van der Waals surface area contributed by atoms with E-state index in [4.69, 9.17) is 16.6 Å². The number of nitrogens with zero attached hydrogens (tertiary/aromatic N) is 2. The van der Waals surface area contributed by atoms with Crippen molar-refractivity contribution in [2.75, 3.05) is 18.1 Å². The summed E-state index contributed by atoms with van der Waals surface area (Å²) >= 11 is 0. The Kier molecular flexibility index (Phi) is 2.46. The van der Waals surface area contributed by atoms with Crippen LogP contribution in [0, 0.1) is 11.8 Å². The maximum atomic E-state index is 8.37. The van der Waals surface area contributed by atoms with Crippen molar-refractivity contribution < 1.29 is 5.11 Å². The largest absolute Gasteiger partial charge is 0.384 e. The molecule has 0 fully saturated rings. The maximum absolute atomic E-state index is 8.37. The van der Waals surface area contributed by atoms with Crippen molar-refractivity contribution in [3.63, 3.8) is 0 Å². The highest BCUT2D eigenvalue weighted by molar-refractivity contribution is 5.52. The van der Waals surface area contributed by atoms with Crippen LogP contribution < -0.4 is 11.5 Å². The van der Waals surface area contributed by atoms with Crippen molar-refractivity contribution in [3.05, 3.63) is 11.9 Å². The lowest BCUT2D eigenvalue weighted by atomic mass is 10.4. The van der Waals surface area contributed by atoms with Gasteiger partial charge in [-0.05, 0) is 5.92 Å². The topological polar surface area (TPSA) is 98.0 Å². The van der Waals surface area contributed by atoms with E-state index in [-0.39, 0.29) is 18.2 Å². The van der Waals surface area contributed by atoms with Crippen LogP contribution in [0.1, 0.15) is 5.69 Å². The molecule has 0 unspecified atom stereocenters. The van der Waals surface area contributed by atoms with E-state index in [9.17, 15) is 0 Å². The summed E-state index contributed by atoms with van der Waals surface area (Å²) in [6.45, 7) is -0.216. The van der Waals surface area contributed by atoms with Crippen LogP contribution in [0.15, 0.2) is 6.20 Å². The molecule has 0 amide bonds. The first-order valence-corrected chi connectivity index (χ1v) is 3.21. The summed E-state index contributed by atoms with van der Waals surface area (Å²) in [5.74, 6) is 5.31. The van der Waals surface area contributed by atoms with Gasteiger partial charge in [0.2, 0.25) is 0 Å². The summed E-state index contributed by atoms with van der Waals surface area (Å²) in [5.41, 5.74) is 11.1. The smallest absolute Gasteiger partial charge is 0.167 e. The Morgan fingerprint density at radius 1 is 1.42 bits per heavy atom. The SMILES string of the molecule is Nc1ncc(C#CCO)nc1N. The van der Waals surface area contributed by atoms with Gasteiger partial charge in [0.25, 0.3) is 0 Å². The lowest BCUT2D eigenvalue weighted by molar-refractivity contribution is 0.350. The molecule has 0 saturated carbocycles. The van der Waals surface area contributed by atoms with E-state index >= 15 is 0 Å². The minimum atomic E-state index is -0.216. The van der Waals surface area contributed by atoms with Crippen LogP contribution in [0.5, 0.6) is 0 Å². The molecule has 5 nitrogen and oxygen atoms in total. The Labute approximate surface area is 69.4 Å². The fraction of sp³-hybridized carbons (Fsp3) is 0.143. The third kappa shape index (κ3) is 1.84. The average Bonchev–Trinajstić information content (AvgIpc) is 2.07. The van der Waals surface area contributed by atoms with E-state index in [2.05, 4.69) is 21.8 Å². The molecule has 0 aromatic carbocycles. The van der Waals surface area contributed by atoms with E-state index in [1.54, 1.807) is 0 Å². The number of aromatic nitrogens is 2. The number of rotatable bonds is 0. The van der Waals surface area contributed by atoms with Gasteiger partial charge in [0, 0.05) is 0 Å². The molecule has 1 aromatic rings. The van der Waals surface area contributed by atoms with Gasteiger partial charge in [-0.25, -0.2) is 9.97 Å². The third-order valence-electron chi connectivity index (χ3n) is 1.12. The second kappa shape index (κ2) is 3.55. The van der Waals surface area contributed by atoms with E-state index in [0.29, 0.717) is 5.69 Å². The van der Waals surface area contributed by atoms with Gasteiger partial charge in [0.05, 0.1) is 6.20 Å². The van der Waals surface area contributed by atoms with Crippen LogP contribution in [0.3, 0.4) is 0 Å². The molecular weight excluding hydrogens is 156 g/mol. The number of anilines is 2. The minimum Gasteiger partial charge on any atom is -0.384 e. The highest BCUT2D eigenvalue weighted by atomic mass is 16.2. The molecule has 0 radical (unpaired) electrons. The van der Waals surface area contributed by atoms with E-state index in [0.717, 1.165) is 0 Å². The van der Waals surface area contributed by atoms with Crippen LogP contribution in [0.4, 0.5) is 11.6 Å². The molecule has 0 spiro atoms. The van der Waals surface area contributed by atoms with Crippen molar-refractivity contribution in [2.24, 2.45) is 0 Å². The summed E-state index contributed by atoms with van der Waals surface area (Å²) in [5, 5.41) is 8.37. The second-order valence-electron chi connectivity index (χ2n) is 1.99. The molecule has 5 heteroatoms. The number of nitrogens with two attached hydrogens (primary N) is 2. The monoisotopic (exact) mass is 164 g/mol. The van der Waals surface area contributed by atoms with E-state index < -0.39 is 0 Å². The Morgan fingerprint density at radius 3 is 2.75 bits per heavy atom. The first-order valence-electron chi connectivity index (χ1n) is 3.21. The van der Waals surface area contributed by atoms with Crippen LogP contribution in [0.2, 0.25) is 0 Å². The van der Waals surface area contributed by atoms with Gasteiger partial charge in [0.1, 0.15) is 12.3 Å². The van der Waals surface area contributed by atoms with Crippen molar-refractivity contribution in [2.45, 2.75) is 0 Å². The second-order valence-corrected chi connectivity index (χ2v) is 1.99. The van der Waals surface area contributed by atoms with Crippen molar-refractivity contribution in [3.8, 4) is 11.8 Å². The van der Waals surface area contributed by atoms with Gasteiger partial charge in [-0.2, -0.15) is 0 Å². The molecule has 62 valence electrons. The zero-order valence-electron chi connectivity index (χ0n) is 6.28. The molecule has 5 N–H and O–H groups in total. The number of aliphatic hydroxyl groups excluding tert-OH is 1. The number of nitrogen functional groups attached to an aromatic ring is 2. The van der Waals surface area contributed by atoms with Crippen LogP contribution in [-0.4, -0.2) is 21.7 Å². The summed E-state index contributed by atoms with van der Waals surface area (Å²) in [6, 6.07) is 0. The molecule has 1 heterocycles. The fourth-order valence-electron chi connectivity index (χ4n) is 0.603. The Morgan fingerprint density at radius 2 is 2.17 bits per heavy atom. The van der Waals surface area contributed by atoms with Crippen molar-refractivity contribution in [1.82, 2.24) is 9.97 Å². The van der Waals surface area contributed by atoms with Gasteiger partial charge in [0.15, 0.2) is 11.6 Å². The zero-order chi connectivity index (χ0) is 8.97. The van der Waals surface area contributed by atoms with E-state index in [1.807, 2.05) is 0 Å². The summed E-state index contributed by atoms with van der Waals surface area (Å²) in [4.78, 5) is 7.55. The lowest BCUT2D eigenvalue weighted by Gasteiger charge is -1.96. The summed E-state index contributed by atoms with van der Waals surface area (Å²) < 4.78 is 0. The fourth-order valence-corrected chi connectivity index (χ4v) is 0.603.